The standard InChI is InChI=1S/C14H9Cl2NO4S/c15-9-6-11(14(18)19)13(16)12(7-9)17(8-22(20)21)10-4-2-1-3-5-10/h1-8H,(H,18,19). The van der Waals surface area contributed by atoms with Crippen LogP contribution in [0.25, 0.3) is 0 Å². The van der Waals surface area contributed by atoms with Gasteiger partial charge in [0.15, 0.2) is 0 Å². The first-order chi connectivity index (χ1) is 10.4. The maximum Gasteiger partial charge on any atom is 0.337 e. The molecular formula is C14H9Cl2NO4S. The topological polar surface area (TPSA) is 74.7 Å². The molecule has 0 atom stereocenters. The summed E-state index contributed by atoms with van der Waals surface area (Å²) < 4.78 is 22.2. The summed E-state index contributed by atoms with van der Waals surface area (Å²) in [4.78, 5) is 12.5. The van der Waals surface area contributed by atoms with E-state index >= 15 is 0 Å². The Bertz CT molecular complexity index is 843. The number of rotatable bonds is 4. The van der Waals surface area contributed by atoms with E-state index in [9.17, 15) is 13.2 Å². The van der Waals surface area contributed by atoms with E-state index < -0.39 is 16.3 Å². The highest BCUT2D eigenvalue weighted by Crippen LogP contribution is 2.36. The van der Waals surface area contributed by atoms with Gasteiger partial charge in [0.1, 0.15) is 5.49 Å². The average Bonchev–Trinajstić information content (AvgIpc) is 2.47. The lowest BCUT2D eigenvalue weighted by atomic mass is 10.1. The minimum absolute atomic E-state index is 0.109. The predicted molar refractivity (Wildman–Crippen MR) is 87.0 cm³/mol. The molecule has 0 bridgehead atoms. The second kappa shape index (κ2) is 6.83. The zero-order valence-electron chi connectivity index (χ0n) is 10.9. The summed E-state index contributed by atoms with van der Waals surface area (Å²) in [6.45, 7) is 0. The Hall–Kier alpha value is -2.02. The molecule has 0 saturated heterocycles. The molecule has 0 fully saturated rings. The highest BCUT2D eigenvalue weighted by atomic mass is 35.5. The zero-order chi connectivity index (χ0) is 16.3. The van der Waals surface area contributed by atoms with Gasteiger partial charge in [0.2, 0.25) is 10.3 Å². The van der Waals surface area contributed by atoms with Gasteiger partial charge in [-0.15, -0.1) is 0 Å². The molecule has 0 heterocycles. The fourth-order valence-corrected chi connectivity index (χ4v) is 2.74. The van der Waals surface area contributed by atoms with Crippen LogP contribution in [0.2, 0.25) is 10.0 Å². The largest absolute Gasteiger partial charge is 0.478 e. The summed E-state index contributed by atoms with van der Waals surface area (Å²) in [5, 5.41) is 9.17. The van der Waals surface area contributed by atoms with Crippen LogP contribution in [0, 0.1) is 0 Å². The number of carboxylic acids is 1. The lowest BCUT2D eigenvalue weighted by molar-refractivity contribution is 0.0697. The maximum absolute atomic E-state index is 11.2. The minimum atomic E-state index is -2.53. The van der Waals surface area contributed by atoms with Crippen LogP contribution < -0.4 is 4.90 Å². The van der Waals surface area contributed by atoms with Crippen LogP contribution in [0.1, 0.15) is 10.4 Å². The molecule has 22 heavy (non-hydrogen) atoms. The Morgan fingerprint density at radius 2 is 1.77 bits per heavy atom. The smallest absolute Gasteiger partial charge is 0.337 e. The van der Waals surface area contributed by atoms with Crippen molar-refractivity contribution in [2.45, 2.75) is 0 Å². The number of carbonyl (C=O) groups is 1. The van der Waals surface area contributed by atoms with E-state index in [2.05, 4.69) is 0 Å². The van der Waals surface area contributed by atoms with Gasteiger partial charge in [-0.3, -0.25) is 0 Å². The molecule has 114 valence electrons. The zero-order valence-corrected chi connectivity index (χ0v) is 13.2. The molecule has 2 aromatic carbocycles. The van der Waals surface area contributed by atoms with Gasteiger partial charge in [0, 0.05) is 10.7 Å². The molecule has 0 aliphatic rings. The molecule has 5 nitrogen and oxygen atoms in total. The molecule has 0 aliphatic heterocycles. The van der Waals surface area contributed by atoms with Crippen LogP contribution in [-0.4, -0.2) is 25.0 Å². The first-order valence-corrected chi connectivity index (χ1v) is 7.79. The molecule has 0 amide bonds. The van der Waals surface area contributed by atoms with Crippen molar-refractivity contribution in [2.24, 2.45) is 0 Å². The number of benzene rings is 2. The molecule has 0 unspecified atom stereocenters. The molecule has 8 heteroatoms. The van der Waals surface area contributed by atoms with E-state index in [0.717, 1.165) is 5.49 Å². The van der Waals surface area contributed by atoms with E-state index in [0.29, 0.717) is 5.69 Å². The maximum atomic E-state index is 11.2. The van der Waals surface area contributed by atoms with Crippen molar-refractivity contribution in [3.05, 3.63) is 58.1 Å². The third-order valence-electron chi connectivity index (χ3n) is 2.73. The summed E-state index contributed by atoms with van der Waals surface area (Å²) in [6, 6.07) is 11.1. The van der Waals surface area contributed by atoms with E-state index in [1.165, 1.54) is 17.0 Å². The molecule has 0 radical (unpaired) electrons. The molecular weight excluding hydrogens is 349 g/mol. The summed E-state index contributed by atoms with van der Waals surface area (Å²) in [6.07, 6.45) is 0. The number of hydrogen-bond acceptors (Lipinski definition) is 3. The van der Waals surface area contributed by atoms with Gasteiger partial charge < -0.3 is 10.0 Å². The summed E-state index contributed by atoms with van der Waals surface area (Å²) in [5.74, 6) is -1.26. The second-order valence-electron chi connectivity index (χ2n) is 4.16. The molecule has 2 aromatic rings. The van der Waals surface area contributed by atoms with E-state index in [4.69, 9.17) is 28.3 Å². The van der Waals surface area contributed by atoms with Gasteiger partial charge in [0.05, 0.1) is 16.3 Å². The Labute approximate surface area is 137 Å². The first kappa shape index (κ1) is 16.4. The van der Waals surface area contributed by atoms with Crippen LogP contribution in [-0.2, 0) is 10.3 Å². The Morgan fingerprint density at radius 1 is 1.14 bits per heavy atom. The number of halogens is 2. The highest BCUT2D eigenvalue weighted by Gasteiger charge is 2.19. The third kappa shape index (κ3) is 3.59. The van der Waals surface area contributed by atoms with Crippen molar-refractivity contribution in [3.63, 3.8) is 0 Å². The normalized spacial score (nSPS) is 10.1. The lowest BCUT2D eigenvalue weighted by Gasteiger charge is -2.21. The number of nitrogens with zero attached hydrogens (tertiary/aromatic N) is 1. The third-order valence-corrected chi connectivity index (χ3v) is 3.73. The van der Waals surface area contributed by atoms with Crippen LogP contribution >= 0.6 is 23.2 Å². The second-order valence-corrected chi connectivity index (χ2v) is 5.71. The fourth-order valence-electron chi connectivity index (χ4n) is 1.84. The minimum Gasteiger partial charge on any atom is -0.478 e. The van der Waals surface area contributed by atoms with Gasteiger partial charge in [-0.1, -0.05) is 41.4 Å². The van der Waals surface area contributed by atoms with Gasteiger partial charge in [-0.05, 0) is 24.3 Å². The monoisotopic (exact) mass is 357 g/mol. The predicted octanol–water partition coefficient (Wildman–Crippen LogP) is 3.47. The lowest BCUT2D eigenvalue weighted by Crippen LogP contribution is -2.16. The summed E-state index contributed by atoms with van der Waals surface area (Å²) in [7, 11) is -2.53. The van der Waals surface area contributed by atoms with Crippen molar-refractivity contribution in [3.8, 4) is 0 Å². The van der Waals surface area contributed by atoms with Crippen molar-refractivity contribution in [2.75, 3.05) is 4.90 Å². The molecule has 0 spiro atoms. The highest BCUT2D eigenvalue weighted by molar-refractivity contribution is 7.71. The SMILES string of the molecule is O=C(O)c1cc(Cl)cc(N(C=S(=O)=O)c2ccccc2)c1Cl. The number of carboxylic acid groups (broad SMARTS) is 1. The van der Waals surface area contributed by atoms with Gasteiger partial charge in [-0.2, -0.15) is 8.42 Å². The first-order valence-electron chi connectivity index (χ1n) is 5.90. The van der Waals surface area contributed by atoms with Crippen molar-refractivity contribution in [1.29, 1.82) is 0 Å². The van der Waals surface area contributed by atoms with Crippen molar-refractivity contribution >= 4 is 56.3 Å². The Kier molecular flexibility index (Phi) is 5.07. The van der Waals surface area contributed by atoms with Crippen LogP contribution in [0.4, 0.5) is 11.4 Å². The average molecular weight is 358 g/mol. The molecule has 1 N–H and O–H groups in total. The van der Waals surface area contributed by atoms with Gasteiger partial charge in [-0.25, -0.2) is 4.79 Å². The number of aromatic carboxylic acids is 1. The Morgan fingerprint density at radius 3 is 2.32 bits per heavy atom. The summed E-state index contributed by atoms with van der Waals surface area (Å²) in [5.41, 5.74) is 1.32. The van der Waals surface area contributed by atoms with E-state index in [1.54, 1.807) is 30.3 Å². The van der Waals surface area contributed by atoms with E-state index in [-0.39, 0.29) is 21.3 Å². The number of para-hydroxylation sites is 1. The fraction of sp³-hybridized carbons (Fsp3) is 0. The molecule has 0 aromatic heterocycles. The molecule has 0 saturated carbocycles. The van der Waals surface area contributed by atoms with Gasteiger partial charge in [0.25, 0.3) is 0 Å². The van der Waals surface area contributed by atoms with E-state index in [1.807, 2.05) is 0 Å². The van der Waals surface area contributed by atoms with Crippen molar-refractivity contribution in [1.82, 2.24) is 0 Å². The number of anilines is 2. The van der Waals surface area contributed by atoms with Gasteiger partial charge >= 0.3 is 5.97 Å². The van der Waals surface area contributed by atoms with Crippen LogP contribution in [0.5, 0.6) is 0 Å². The quantitative estimate of drug-likeness (QED) is 0.848. The number of hydrogen-bond donors (Lipinski definition) is 1. The van der Waals surface area contributed by atoms with Crippen LogP contribution in [0.3, 0.4) is 0 Å². The van der Waals surface area contributed by atoms with Crippen molar-refractivity contribution < 1.29 is 18.3 Å². The molecule has 2 rings (SSSR count). The molecule has 0 aliphatic carbocycles. The summed E-state index contributed by atoms with van der Waals surface area (Å²) >= 11 is 12.0. The Balaban J connectivity index is 2.73. The van der Waals surface area contributed by atoms with Crippen LogP contribution in [0.15, 0.2) is 42.5 Å².